The lowest BCUT2D eigenvalue weighted by Gasteiger charge is -2.47. The molecule has 0 bridgehead atoms. The van der Waals surface area contributed by atoms with Crippen molar-refractivity contribution in [1.82, 2.24) is 14.8 Å². The van der Waals surface area contributed by atoms with Crippen LogP contribution >= 0.6 is 11.6 Å². The van der Waals surface area contributed by atoms with Crippen molar-refractivity contribution in [1.29, 1.82) is 0 Å². The Labute approximate surface area is 244 Å². The van der Waals surface area contributed by atoms with Gasteiger partial charge >= 0.3 is 6.18 Å². The molecule has 1 aromatic heterocycles. The molecule has 3 heterocycles. The van der Waals surface area contributed by atoms with Crippen molar-refractivity contribution in [3.8, 4) is 0 Å². The molecule has 1 N–H and O–H groups in total. The molecule has 2 fully saturated rings. The molecule has 2 aliphatic heterocycles. The van der Waals surface area contributed by atoms with Crippen LogP contribution in [0.4, 0.5) is 24.5 Å². The maximum absolute atomic E-state index is 13.3. The van der Waals surface area contributed by atoms with E-state index in [1.165, 1.54) is 12.1 Å². The Balaban J connectivity index is 1.22. The Morgan fingerprint density at radius 2 is 1.78 bits per heavy atom. The third kappa shape index (κ3) is 7.99. The van der Waals surface area contributed by atoms with Crippen LogP contribution in [0.1, 0.15) is 30.5 Å². The van der Waals surface area contributed by atoms with Crippen molar-refractivity contribution in [3.63, 3.8) is 0 Å². The quantitative estimate of drug-likeness (QED) is 0.342. The maximum Gasteiger partial charge on any atom is 0.416 e. The number of aromatic nitrogens is 1. The zero-order chi connectivity index (χ0) is 28.8. The van der Waals surface area contributed by atoms with Gasteiger partial charge in [-0.25, -0.2) is 0 Å². The van der Waals surface area contributed by atoms with Crippen molar-refractivity contribution in [2.75, 3.05) is 49.5 Å². The van der Waals surface area contributed by atoms with Crippen LogP contribution in [0.2, 0.25) is 5.02 Å². The summed E-state index contributed by atoms with van der Waals surface area (Å²) in [4.78, 5) is 24.3. The van der Waals surface area contributed by atoms with Crippen LogP contribution < -0.4 is 10.2 Å². The van der Waals surface area contributed by atoms with E-state index < -0.39 is 11.7 Å². The predicted octanol–water partition coefficient (Wildman–Crippen LogP) is 6.19. The lowest BCUT2D eigenvalue weighted by Crippen LogP contribution is -2.56. The summed E-state index contributed by atoms with van der Waals surface area (Å²) in [7, 11) is 0. The summed E-state index contributed by atoms with van der Waals surface area (Å²) in [6, 6.07) is 19.0. The van der Waals surface area contributed by atoms with Gasteiger partial charge in [0.05, 0.1) is 11.3 Å². The largest absolute Gasteiger partial charge is 0.416 e. The number of benzene rings is 2. The van der Waals surface area contributed by atoms with Crippen LogP contribution in [0.15, 0.2) is 72.9 Å². The van der Waals surface area contributed by atoms with E-state index in [0.29, 0.717) is 41.9 Å². The van der Waals surface area contributed by atoms with Gasteiger partial charge in [-0.05, 0) is 67.3 Å². The highest BCUT2D eigenvalue weighted by molar-refractivity contribution is 6.30. The zero-order valence-electron chi connectivity index (χ0n) is 22.9. The number of alkyl halides is 3. The first-order valence-corrected chi connectivity index (χ1v) is 14.5. The number of pyridine rings is 1. The summed E-state index contributed by atoms with van der Waals surface area (Å²) in [6.45, 7) is 5.43. The molecule has 2 aromatic carbocycles. The number of anilines is 2. The third-order valence-corrected chi connectivity index (χ3v) is 8.30. The molecule has 2 atom stereocenters. The van der Waals surface area contributed by atoms with Gasteiger partial charge in [0.15, 0.2) is 0 Å². The molecule has 41 heavy (non-hydrogen) atoms. The predicted molar refractivity (Wildman–Crippen MR) is 156 cm³/mol. The van der Waals surface area contributed by atoms with E-state index >= 15 is 0 Å². The minimum absolute atomic E-state index is 0.0396. The molecule has 0 saturated carbocycles. The Morgan fingerprint density at radius 1 is 0.976 bits per heavy atom. The smallest absolute Gasteiger partial charge is 0.369 e. The van der Waals surface area contributed by atoms with Crippen LogP contribution in [-0.2, 0) is 17.5 Å². The SMILES string of the molecule is O=C(CC[C@H]1CN(Cc2ccccn2)CC[C@H]1N1CCN(c2cccc(C(F)(F)F)c2)CC1)Nc1cccc(Cl)c1. The van der Waals surface area contributed by atoms with Crippen LogP contribution in [0.5, 0.6) is 0 Å². The average molecular weight is 586 g/mol. The lowest BCUT2D eigenvalue weighted by atomic mass is 9.86. The Kier molecular flexibility index (Phi) is 9.47. The molecule has 0 aliphatic carbocycles. The zero-order valence-corrected chi connectivity index (χ0v) is 23.6. The van der Waals surface area contributed by atoms with E-state index in [4.69, 9.17) is 11.6 Å². The molecule has 0 unspecified atom stereocenters. The molecule has 0 radical (unpaired) electrons. The van der Waals surface area contributed by atoms with Gasteiger partial charge in [-0.3, -0.25) is 19.6 Å². The molecular weight excluding hydrogens is 551 g/mol. The number of carbonyl (C=O) groups is 1. The van der Waals surface area contributed by atoms with Gasteiger partial charge in [-0.1, -0.05) is 29.8 Å². The number of piperazine rings is 1. The van der Waals surface area contributed by atoms with Crippen LogP contribution in [0.25, 0.3) is 0 Å². The van der Waals surface area contributed by atoms with E-state index in [2.05, 4.69) is 20.1 Å². The first kappa shape index (κ1) is 29.4. The summed E-state index contributed by atoms with van der Waals surface area (Å²) in [5, 5.41) is 3.53. The van der Waals surface area contributed by atoms with Gasteiger partial charge < -0.3 is 10.2 Å². The topological polar surface area (TPSA) is 51.7 Å². The Morgan fingerprint density at radius 3 is 2.51 bits per heavy atom. The molecule has 1 amide bonds. The fraction of sp³-hybridized carbons (Fsp3) is 0.419. The fourth-order valence-corrected chi connectivity index (χ4v) is 6.21. The lowest BCUT2D eigenvalue weighted by molar-refractivity contribution is -0.137. The number of amides is 1. The van der Waals surface area contributed by atoms with Gasteiger partial charge in [-0.15, -0.1) is 0 Å². The minimum atomic E-state index is -4.35. The number of halogens is 4. The second-order valence-corrected chi connectivity index (χ2v) is 11.3. The second-order valence-electron chi connectivity index (χ2n) is 10.8. The van der Waals surface area contributed by atoms with Crippen LogP contribution in [0.3, 0.4) is 0 Å². The molecule has 6 nitrogen and oxygen atoms in total. The highest BCUT2D eigenvalue weighted by Gasteiger charge is 2.36. The van der Waals surface area contributed by atoms with Gasteiger partial charge in [0.2, 0.25) is 5.91 Å². The number of hydrogen-bond acceptors (Lipinski definition) is 5. The summed E-state index contributed by atoms with van der Waals surface area (Å²) in [5.74, 6) is 0.236. The molecule has 2 saturated heterocycles. The van der Waals surface area contributed by atoms with Crippen molar-refractivity contribution in [2.24, 2.45) is 5.92 Å². The maximum atomic E-state index is 13.3. The standard InChI is InChI=1S/C31H35ClF3N5O/c32-25-6-4-8-26(20-25)37-30(41)11-10-23-21-38(22-27-7-1-2-13-36-27)14-12-29(23)40-17-15-39(16-18-40)28-9-3-5-24(19-28)31(33,34)35/h1-9,13,19-20,23,29H,10-12,14-18,21-22H2,(H,37,41)/t23-,29+/m0/s1. The normalized spacial score (nSPS) is 20.6. The number of likely N-dealkylation sites (tertiary alicyclic amines) is 1. The Hall–Kier alpha value is -3.14. The van der Waals surface area contributed by atoms with Crippen molar-refractivity contribution < 1.29 is 18.0 Å². The molecule has 10 heteroatoms. The van der Waals surface area contributed by atoms with Gasteiger partial charge in [0.1, 0.15) is 0 Å². The Bertz CT molecular complexity index is 1300. The number of hydrogen-bond donors (Lipinski definition) is 1. The number of carbonyl (C=O) groups excluding carboxylic acids is 1. The fourth-order valence-electron chi connectivity index (χ4n) is 6.02. The van der Waals surface area contributed by atoms with Gasteiger partial charge in [-0.2, -0.15) is 13.2 Å². The van der Waals surface area contributed by atoms with Crippen molar-refractivity contribution >= 4 is 28.9 Å². The van der Waals surface area contributed by atoms with E-state index in [1.54, 1.807) is 18.2 Å². The number of rotatable bonds is 8. The third-order valence-electron chi connectivity index (χ3n) is 8.06. The van der Waals surface area contributed by atoms with E-state index in [0.717, 1.165) is 57.3 Å². The van der Waals surface area contributed by atoms with Crippen molar-refractivity contribution in [3.05, 3.63) is 89.2 Å². The molecule has 3 aromatic rings. The summed E-state index contributed by atoms with van der Waals surface area (Å²) >= 11 is 6.07. The molecule has 5 rings (SSSR count). The van der Waals surface area contributed by atoms with E-state index in [1.807, 2.05) is 41.4 Å². The number of nitrogens with one attached hydrogen (secondary N) is 1. The molecule has 0 spiro atoms. The summed E-state index contributed by atoms with van der Waals surface area (Å²) in [5.41, 5.74) is 1.70. The highest BCUT2D eigenvalue weighted by Crippen LogP contribution is 2.33. The van der Waals surface area contributed by atoms with E-state index in [-0.39, 0.29) is 11.8 Å². The van der Waals surface area contributed by atoms with E-state index in [9.17, 15) is 18.0 Å². The van der Waals surface area contributed by atoms with Crippen LogP contribution in [-0.4, -0.2) is 66.0 Å². The minimum Gasteiger partial charge on any atom is -0.369 e. The first-order valence-electron chi connectivity index (χ1n) is 14.1. The summed E-state index contributed by atoms with van der Waals surface area (Å²) in [6.07, 6.45) is -0.438. The average Bonchev–Trinajstić information content (AvgIpc) is 2.96. The first-order chi connectivity index (χ1) is 19.7. The summed E-state index contributed by atoms with van der Waals surface area (Å²) < 4.78 is 39.8. The van der Waals surface area contributed by atoms with Crippen molar-refractivity contribution in [2.45, 2.75) is 38.0 Å². The monoisotopic (exact) mass is 585 g/mol. The highest BCUT2D eigenvalue weighted by atomic mass is 35.5. The van der Waals surface area contributed by atoms with Gasteiger partial charge in [0.25, 0.3) is 0 Å². The number of nitrogens with zero attached hydrogens (tertiary/aromatic N) is 4. The number of piperidine rings is 1. The molecular formula is C31H35ClF3N5O. The second kappa shape index (κ2) is 13.2. The van der Waals surface area contributed by atoms with Gasteiger partial charge in [0, 0.05) is 80.9 Å². The molecule has 218 valence electrons. The molecule has 2 aliphatic rings. The van der Waals surface area contributed by atoms with Crippen LogP contribution in [0, 0.1) is 5.92 Å².